The van der Waals surface area contributed by atoms with E-state index in [1.165, 1.54) is 38.5 Å². The Labute approximate surface area is 110 Å². The zero-order valence-corrected chi connectivity index (χ0v) is 11.9. The van der Waals surface area contributed by atoms with Crippen LogP contribution in [0.25, 0.3) is 0 Å². The second-order valence-corrected chi connectivity index (χ2v) is 7.35. The van der Waals surface area contributed by atoms with Crippen LogP contribution in [0, 0.1) is 23.2 Å². The molecule has 18 heavy (non-hydrogen) atoms. The van der Waals surface area contributed by atoms with Gasteiger partial charge in [-0.3, -0.25) is 0 Å². The lowest BCUT2D eigenvalue weighted by atomic mass is 9.48. The molecular weight excluding hydrogens is 224 g/mol. The molecule has 0 aromatic heterocycles. The third-order valence-corrected chi connectivity index (χ3v) is 5.75. The predicted molar refractivity (Wildman–Crippen MR) is 72.3 cm³/mol. The van der Waals surface area contributed by atoms with E-state index in [1.807, 2.05) is 14.1 Å². The maximum atomic E-state index is 11.9. The van der Waals surface area contributed by atoms with Gasteiger partial charge in [0.2, 0.25) is 0 Å². The summed E-state index contributed by atoms with van der Waals surface area (Å²) < 4.78 is 0. The minimum absolute atomic E-state index is 0.0678. The third-order valence-electron chi connectivity index (χ3n) is 5.75. The first-order chi connectivity index (χ1) is 8.48. The first-order valence-corrected chi connectivity index (χ1v) is 7.46. The van der Waals surface area contributed by atoms with Crippen molar-refractivity contribution in [2.75, 3.05) is 14.1 Å². The van der Waals surface area contributed by atoms with Crippen LogP contribution >= 0.6 is 0 Å². The fourth-order valence-corrected chi connectivity index (χ4v) is 5.18. The molecule has 3 nitrogen and oxygen atoms in total. The van der Waals surface area contributed by atoms with Crippen LogP contribution in [0.15, 0.2) is 0 Å². The molecule has 4 bridgehead atoms. The highest BCUT2D eigenvalue weighted by Gasteiger charge is 2.53. The first-order valence-electron chi connectivity index (χ1n) is 7.46. The number of urea groups is 1. The number of amides is 2. The maximum Gasteiger partial charge on any atom is 0.317 e. The lowest BCUT2D eigenvalue weighted by Crippen LogP contribution is -2.56. The SMILES string of the molecule is CC(NC(=O)N(C)C)C12CC3CC(CC(C3)C1)C2. The zero-order valence-electron chi connectivity index (χ0n) is 11.9. The molecule has 4 rings (SSSR count). The van der Waals surface area contributed by atoms with E-state index in [4.69, 9.17) is 0 Å². The molecular formula is C15H26N2O. The van der Waals surface area contributed by atoms with Gasteiger partial charge in [-0.25, -0.2) is 4.79 Å². The number of rotatable bonds is 2. The summed E-state index contributed by atoms with van der Waals surface area (Å²) in [6.07, 6.45) is 8.46. The summed E-state index contributed by atoms with van der Waals surface area (Å²) in [6, 6.07) is 0.402. The van der Waals surface area contributed by atoms with Gasteiger partial charge in [0.25, 0.3) is 0 Å². The number of hydrogen-bond donors (Lipinski definition) is 1. The Morgan fingerprint density at radius 2 is 1.56 bits per heavy atom. The number of carbonyl (C=O) groups excluding carboxylic acids is 1. The van der Waals surface area contributed by atoms with E-state index in [0.29, 0.717) is 11.5 Å². The average Bonchev–Trinajstić information content (AvgIpc) is 2.26. The van der Waals surface area contributed by atoms with Crippen molar-refractivity contribution < 1.29 is 4.79 Å². The Morgan fingerprint density at radius 1 is 1.11 bits per heavy atom. The molecule has 0 aliphatic heterocycles. The minimum Gasteiger partial charge on any atom is -0.335 e. The molecule has 1 unspecified atom stereocenters. The molecule has 4 aliphatic rings. The summed E-state index contributed by atoms with van der Waals surface area (Å²) in [6.45, 7) is 2.23. The van der Waals surface area contributed by atoms with E-state index in [0.717, 1.165) is 17.8 Å². The number of nitrogens with one attached hydrogen (secondary N) is 1. The summed E-state index contributed by atoms with van der Waals surface area (Å²) in [5.41, 5.74) is 0.417. The summed E-state index contributed by atoms with van der Waals surface area (Å²) in [4.78, 5) is 13.5. The molecule has 0 aromatic rings. The predicted octanol–water partition coefficient (Wildman–Crippen LogP) is 2.86. The fourth-order valence-electron chi connectivity index (χ4n) is 5.18. The molecule has 1 N–H and O–H groups in total. The van der Waals surface area contributed by atoms with E-state index in [1.54, 1.807) is 4.90 Å². The normalized spacial score (nSPS) is 42.7. The second-order valence-electron chi connectivity index (χ2n) is 7.35. The van der Waals surface area contributed by atoms with Crippen molar-refractivity contribution in [3.05, 3.63) is 0 Å². The highest BCUT2D eigenvalue weighted by atomic mass is 16.2. The van der Waals surface area contributed by atoms with Gasteiger partial charge in [-0.1, -0.05) is 0 Å². The van der Waals surface area contributed by atoms with Gasteiger partial charge in [-0.15, -0.1) is 0 Å². The Bertz CT molecular complexity index is 315. The Hall–Kier alpha value is -0.730. The molecule has 4 saturated carbocycles. The molecule has 0 heterocycles. The van der Waals surface area contributed by atoms with Crippen molar-refractivity contribution in [1.82, 2.24) is 10.2 Å². The molecule has 2 amide bonds. The smallest absolute Gasteiger partial charge is 0.317 e. The lowest BCUT2D eigenvalue weighted by Gasteiger charge is -2.59. The van der Waals surface area contributed by atoms with Crippen LogP contribution in [0.3, 0.4) is 0 Å². The van der Waals surface area contributed by atoms with Crippen LogP contribution in [-0.2, 0) is 0 Å². The Morgan fingerprint density at radius 3 is 1.94 bits per heavy atom. The van der Waals surface area contributed by atoms with Crippen LogP contribution in [-0.4, -0.2) is 31.1 Å². The van der Waals surface area contributed by atoms with Gasteiger partial charge in [0, 0.05) is 20.1 Å². The van der Waals surface area contributed by atoms with Crippen LogP contribution in [0.5, 0.6) is 0 Å². The van der Waals surface area contributed by atoms with Gasteiger partial charge < -0.3 is 10.2 Å². The topological polar surface area (TPSA) is 32.3 Å². The van der Waals surface area contributed by atoms with Crippen molar-refractivity contribution in [2.45, 2.75) is 51.5 Å². The van der Waals surface area contributed by atoms with Gasteiger partial charge >= 0.3 is 6.03 Å². The Balaban J connectivity index is 1.73. The summed E-state index contributed by atoms with van der Waals surface area (Å²) in [5.74, 6) is 2.86. The molecule has 4 aliphatic carbocycles. The van der Waals surface area contributed by atoms with Crippen LogP contribution in [0.1, 0.15) is 45.4 Å². The standard InChI is InChI=1S/C15H26N2O/c1-10(16-14(18)17(2)3)15-7-11-4-12(8-15)6-13(5-11)9-15/h10-13H,4-9H2,1-3H3,(H,16,18). The van der Waals surface area contributed by atoms with Crippen molar-refractivity contribution in [3.63, 3.8) is 0 Å². The molecule has 0 aromatic carbocycles. The highest BCUT2D eigenvalue weighted by Crippen LogP contribution is 2.61. The quantitative estimate of drug-likeness (QED) is 0.803. The minimum atomic E-state index is 0.0678. The monoisotopic (exact) mass is 250 g/mol. The first kappa shape index (κ1) is 12.3. The van der Waals surface area contributed by atoms with E-state index in [-0.39, 0.29) is 6.03 Å². The summed E-state index contributed by atoms with van der Waals surface area (Å²) >= 11 is 0. The molecule has 0 radical (unpaired) electrons. The van der Waals surface area contributed by atoms with Crippen LogP contribution < -0.4 is 5.32 Å². The van der Waals surface area contributed by atoms with Crippen molar-refractivity contribution in [1.29, 1.82) is 0 Å². The maximum absolute atomic E-state index is 11.9. The highest BCUT2D eigenvalue weighted by molar-refractivity contribution is 5.73. The van der Waals surface area contributed by atoms with E-state index < -0.39 is 0 Å². The number of hydrogen-bond acceptors (Lipinski definition) is 1. The van der Waals surface area contributed by atoms with Crippen LogP contribution in [0.2, 0.25) is 0 Å². The van der Waals surface area contributed by atoms with Gasteiger partial charge in [-0.05, 0) is 68.6 Å². The number of nitrogens with zero attached hydrogens (tertiary/aromatic N) is 1. The second kappa shape index (κ2) is 4.14. The van der Waals surface area contributed by atoms with E-state index in [9.17, 15) is 4.79 Å². The summed E-state index contributed by atoms with van der Waals surface area (Å²) in [7, 11) is 3.64. The molecule has 3 heteroatoms. The third kappa shape index (κ3) is 1.92. The molecule has 4 fully saturated rings. The molecule has 102 valence electrons. The van der Waals surface area contributed by atoms with Crippen molar-refractivity contribution >= 4 is 6.03 Å². The zero-order chi connectivity index (χ0) is 12.9. The Kier molecular flexibility index (Phi) is 2.83. The fraction of sp³-hybridized carbons (Fsp3) is 0.933. The molecule has 0 spiro atoms. The van der Waals surface area contributed by atoms with Crippen LogP contribution in [0.4, 0.5) is 4.79 Å². The van der Waals surface area contributed by atoms with Gasteiger partial charge in [0.15, 0.2) is 0 Å². The van der Waals surface area contributed by atoms with Crippen molar-refractivity contribution in [2.24, 2.45) is 23.2 Å². The van der Waals surface area contributed by atoms with Gasteiger partial charge in [0.1, 0.15) is 0 Å². The molecule has 0 saturated heterocycles. The number of carbonyl (C=O) groups is 1. The van der Waals surface area contributed by atoms with Crippen molar-refractivity contribution in [3.8, 4) is 0 Å². The van der Waals surface area contributed by atoms with Gasteiger partial charge in [-0.2, -0.15) is 0 Å². The van der Waals surface area contributed by atoms with E-state index in [2.05, 4.69) is 12.2 Å². The summed E-state index contributed by atoms with van der Waals surface area (Å²) in [5, 5.41) is 3.22. The molecule has 1 atom stereocenters. The average molecular weight is 250 g/mol. The largest absolute Gasteiger partial charge is 0.335 e. The van der Waals surface area contributed by atoms with Gasteiger partial charge in [0.05, 0.1) is 0 Å². The lowest BCUT2D eigenvalue weighted by molar-refractivity contribution is -0.0686. The van der Waals surface area contributed by atoms with E-state index >= 15 is 0 Å².